The predicted molar refractivity (Wildman–Crippen MR) is 65.4 cm³/mol. The summed E-state index contributed by atoms with van der Waals surface area (Å²) in [6, 6.07) is 2.91. The highest BCUT2D eigenvalue weighted by Gasteiger charge is 2.17. The molecule has 0 amide bonds. The van der Waals surface area contributed by atoms with Crippen LogP contribution in [0.3, 0.4) is 0 Å². The molecule has 0 heterocycles. The number of nitrogens with two attached hydrogens (primary N) is 1. The lowest BCUT2D eigenvalue weighted by Crippen LogP contribution is -2.31. The second-order valence-electron chi connectivity index (χ2n) is 3.78. The molecule has 0 radical (unpaired) electrons. The number of halogens is 2. The Labute approximate surface area is 105 Å². The Kier molecular flexibility index (Phi) is 5.97. The van der Waals surface area contributed by atoms with Crippen molar-refractivity contribution < 1.29 is 18.6 Å². The number of hydrogen-bond acceptors (Lipinski definition) is 4. The molecule has 0 spiro atoms. The smallest absolute Gasteiger partial charge is 0.182 e. The molecule has 0 saturated carbocycles. The minimum atomic E-state index is -0.942. The first-order valence-corrected chi connectivity index (χ1v) is 5.67. The van der Waals surface area contributed by atoms with Gasteiger partial charge in [-0.15, -0.1) is 0 Å². The Morgan fingerprint density at radius 3 is 2.56 bits per heavy atom. The molecule has 1 aromatic rings. The maximum Gasteiger partial charge on any atom is 0.182 e. The monoisotopic (exact) mass is 260 g/mol. The van der Waals surface area contributed by atoms with Gasteiger partial charge in [0.05, 0.1) is 18.9 Å². The molecule has 3 N–H and O–H groups in total. The van der Waals surface area contributed by atoms with Crippen molar-refractivity contribution in [3.63, 3.8) is 0 Å². The molecule has 1 aromatic carbocycles. The van der Waals surface area contributed by atoms with E-state index in [1.807, 2.05) is 0 Å². The number of aliphatic hydroxyl groups is 1. The zero-order valence-electron chi connectivity index (χ0n) is 10.3. The molecular weight excluding hydrogens is 242 g/mol. The quantitative estimate of drug-likeness (QED) is 0.763. The number of nitrogens with zero attached hydrogens (tertiary/aromatic N) is 1. The van der Waals surface area contributed by atoms with Gasteiger partial charge >= 0.3 is 0 Å². The van der Waals surface area contributed by atoms with Crippen molar-refractivity contribution in [3.8, 4) is 0 Å². The summed E-state index contributed by atoms with van der Waals surface area (Å²) < 4.78 is 32.4. The topological polar surface area (TPSA) is 58.7 Å². The lowest BCUT2D eigenvalue weighted by atomic mass is 10.1. The van der Waals surface area contributed by atoms with Gasteiger partial charge in [0.25, 0.3) is 0 Å². The Morgan fingerprint density at radius 2 is 2.00 bits per heavy atom. The number of rotatable bonds is 7. The normalized spacial score (nSPS) is 10.7. The fourth-order valence-electron chi connectivity index (χ4n) is 1.66. The summed E-state index contributed by atoms with van der Waals surface area (Å²) in [6.45, 7) is 0.737. The summed E-state index contributed by atoms with van der Waals surface area (Å²) in [5.41, 5.74) is 5.54. The van der Waals surface area contributed by atoms with E-state index in [-0.39, 0.29) is 30.9 Å². The van der Waals surface area contributed by atoms with Crippen molar-refractivity contribution in [3.05, 3.63) is 29.3 Å². The van der Waals surface area contributed by atoms with Gasteiger partial charge in [-0.25, -0.2) is 8.78 Å². The molecule has 102 valence electrons. The molecule has 6 heteroatoms. The van der Waals surface area contributed by atoms with Gasteiger partial charge in [-0.3, -0.25) is 0 Å². The van der Waals surface area contributed by atoms with Crippen molar-refractivity contribution in [2.24, 2.45) is 5.73 Å². The molecule has 0 unspecified atom stereocenters. The van der Waals surface area contributed by atoms with Crippen LogP contribution >= 0.6 is 0 Å². The molecule has 0 fully saturated rings. The fraction of sp³-hybridized carbons (Fsp3) is 0.500. The number of anilines is 1. The van der Waals surface area contributed by atoms with E-state index in [9.17, 15) is 8.78 Å². The summed E-state index contributed by atoms with van der Waals surface area (Å²) in [5, 5.41) is 8.94. The maximum atomic E-state index is 13.9. The molecule has 0 aromatic heterocycles. The number of ether oxygens (including phenoxy) is 1. The SMILES string of the molecule is COCCN(CCO)c1ccc(CN)c(F)c1F. The van der Waals surface area contributed by atoms with Crippen LogP contribution in [-0.2, 0) is 11.3 Å². The van der Waals surface area contributed by atoms with Gasteiger partial charge in [0, 0.05) is 32.3 Å². The zero-order valence-corrected chi connectivity index (χ0v) is 10.3. The summed E-state index contributed by atoms with van der Waals surface area (Å²) in [6.07, 6.45) is 0. The van der Waals surface area contributed by atoms with Crippen LogP contribution in [0.15, 0.2) is 12.1 Å². The molecule has 0 aliphatic rings. The van der Waals surface area contributed by atoms with Gasteiger partial charge in [0.1, 0.15) is 0 Å². The maximum absolute atomic E-state index is 13.9. The van der Waals surface area contributed by atoms with Crippen molar-refractivity contribution >= 4 is 5.69 Å². The molecule has 18 heavy (non-hydrogen) atoms. The number of methoxy groups -OCH3 is 1. The number of benzene rings is 1. The van der Waals surface area contributed by atoms with E-state index in [4.69, 9.17) is 15.6 Å². The number of aliphatic hydroxyl groups excluding tert-OH is 1. The first kappa shape index (κ1) is 14.8. The molecule has 0 bridgehead atoms. The fourth-order valence-corrected chi connectivity index (χ4v) is 1.66. The van der Waals surface area contributed by atoms with Gasteiger partial charge in [0.2, 0.25) is 0 Å². The molecule has 0 aliphatic carbocycles. The van der Waals surface area contributed by atoms with E-state index in [2.05, 4.69) is 0 Å². The van der Waals surface area contributed by atoms with Gasteiger partial charge in [-0.1, -0.05) is 6.07 Å². The van der Waals surface area contributed by atoms with Crippen molar-refractivity contribution in [1.29, 1.82) is 0 Å². The highest BCUT2D eigenvalue weighted by atomic mass is 19.2. The van der Waals surface area contributed by atoms with Crippen LogP contribution in [0.1, 0.15) is 5.56 Å². The van der Waals surface area contributed by atoms with Crippen LogP contribution in [0.25, 0.3) is 0 Å². The van der Waals surface area contributed by atoms with Gasteiger partial charge in [-0.2, -0.15) is 0 Å². The third-order valence-electron chi connectivity index (χ3n) is 2.64. The zero-order chi connectivity index (χ0) is 13.5. The standard InChI is InChI=1S/C12H18F2N2O2/c1-18-7-5-16(4-6-17)10-3-2-9(8-15)11(13)12(10)14/h2-3,17H,4-8,15H2,1H3. The van der Waals surface area contributed by atoms with Crippen LogP contribution in [0, 0.1) is 11.6 Å². The first-order chi connectivity index (χ1) is 8.65. The second-order valence-corrected chi connectivity index (χ2v) is 3.78. The van der Waals surface area contributed by atoms with E-state index >= 15 is 0 Å². The van der Waals surface area contributed by atoms with Gasteiger partial charge in [-0.05, 0) is 6.07 Å². The average Bonchev–Trinajstić information content (AvgIpc) is 2.38. The molecule has 0 saturated heterocycles. The second kappa shape index (κ2) is 7.25. The molecule has 4 nitrogen and oxygen atoms in total. The third kappa shape index (κ3) is 3.38. The average molecular weight is 260 g/mol. The van der Waals surface area contributed by atoms with Crippen molar-refractivity contribution in [1.82, 2.24) is 0 Å². The lowest BCUT2D eigenvalue weighted by Gasteiger charge is -2.24. The minimum Gasteiger partial charge on any atom is -0.395 e. The highest BCUT2D eigenvalue weighted by molar-refractivity contribution is 5.50. The van der Waals surface area contributed by atoms with E-state index in [1.54, 1.807) is 0 Å². The van der Waals surface area contributed by atoms with Gasteiger partial charge in [0.15, 0.2) is 11.6 Å². The minimum absolute atomic E-state index is 0.0545. The Bertz CT molecular complexity index is 389. The lowest BCUT2D eigenvalue weighted by molar-refractivity contribution is 0.202. The molecule has 0 aliphatic heterocycles. The van der Waals surface area contributed by atoms with Crippen LogP contribution < -0.4 is 10.6 Å². The molecule has 0 atom stereocenters. The Hall–Kier alpha value is -1.24. The predicted octanol–water partition coefficient (Wildman–Crippen LogP) is 0.869. The van der Waals surface area contributed by atoms with Crippen LogP contribution in [0.4, 0.5) is 14.5 Å². The summed E-state index contributed by atoms with van der Waals surface area (Å²) >= 11 is 0. The van der Waals surface area contributed by atoms with E-state index < -0.39 is 11.6 Å². The molecule has 1 rings (SSSR count). The van der Waals surface area contributed by atoms with E-state index in [0.29, 0.717) is 13.2 Å². The van der Waals surface area contributed by atoms with Crippen LogP contribution in [0.2, 0.25) is 0 Å². The summed E-state index contributed by atoms with van der Waals surface area (Å²) in [5.74, 6) is -1.88. The Morgan fingerprint density at radius 1 is 1.28 bits per heavy atom. The number of hydrogen-bond donors (Lipinski definition) is 2. The van der Waals surface area contributed by atoms with Crippen molar-refractivity contribution in [2.45, 2.75) is 6.54 Å². The first-order valence-electron chi connectivity index (χ1n) is 5.67. The molecular formula is C12H18F2N2O2. The summed E-state index contributed by atoms with van der Waals surface area (Å²) in [4.78, 5) is 1.53. The highest BCUT2D eigenvalue weighted by Crippen LogP contribution is 2.23. The van der Waals surface area contributed by atoms with Crippen LogP contribution in [-0.4, -0.2) is 38.5 Å². The summed E-state index contributed by atoms with van der Waals surface area (Å²) in [7, 11) is 1.52. The largest absolute Gasteiger partial charge is 0.395 e. The van der Waals surface area contributed by atoms with Crippen LogP contribution in [0.5, 0.6) is 0 Å². The van der Waals surface area contributed by atoms with Gasteiger partial charge < -0.3 is 20.5 Å². The third-order valence-corrected chi connectivity index (χ3v) is 2.64. The van der Waals surface area contributed by atoms with E-state index in [1.165, 1.54) is 24.1 Å². The van der Waals surface area contributed by atoms with E-state index in [0.717, 1.165) is 0 Å². The van der Waals surface area contributed by atoms with Crippen molar-refractivity contribution in [2.75, 3.05) is 38.3 Å². The Balaban J connectivity index is 3.00.